The van der Waals surface area contributed by atoms with Gasteiger partial charge in [0.25, 0.3) is 0 Å². The molecule has 0 aromatic heterocycles. The van der Waals surface area contributed by atoms with E-state index < -0.39 is 10.8 Å². The molecule has 0 aromatic carbocycles. The molecule has 1 nitrogen and oxygen atoms in total. The Bertz CT molecular complexity index is 124. The van der Waals surface area contributed by atoms with E-state index in [0.29, 0.717) is 5.25 Å². The van der Waals surface area contributed by atoms with E-state index in [1.54, 1.807) is 0 Å². The summed E-state index contributed by atoms with van der Waals surface area (Å²) in [6, 6.07) is 0. The summed E-state index contributed by atoms with van der Waals surface area (Å²) in [6.07, 6.45) is 1.12. The summed E-state index contributed by atoms with van der Waals surface area (Å²) in [7, 11) is -0.543. The van der Waals surface area contributed by atoms with Crippen molar-refractivity contribution in [2.45, 2.75) is 30.8 Å². The molecule has 0 bridgehead atoms. The predicted molar refractivity (Wildman–Crippen MR) is 44.1 cm³/mol. The molecule has 3 heteroatoms. The molecule has 54 valence electrons. The van der Waals surface area contributed by atoms with Crippen molar-refractivity contribution in [2.24, 2.45) is 0 Å². The van der Waals surface area contributed by atoms with Gasteiger partial charge in [0, 0.05) is 21.3 Å². The van der Waals surface area contributed by atoms with Crippen LogP contribution in [0.2, 0.25) is 0 Å². The molecular formula is C6H12OS2. The average molecular weight is 164 g/mol. The molecule has 1 saturated heterocycles. The lowest BCUT2D eigenvalue weighted by atomic mass is 10.3. The maximum atomic E-state index is 11.0. The van der Waals surface area contributed by atoms with Crippen molar-refractivity contribution in [1.29, 1.82) is 0 Å². The van der Waals surface area contributed by atoms with Crippen LogP contribution in [0.1, 0.15) is 20.3 Å². The molecule has 0 radical (unpaired) electrons. The number of thioether (sulfide) groups is 1. The molecule has 1 aliphatic heterocycles. The lowest BCUT2D eigenvalue weighted by Gasteiger charge is -2.22. The van der Waals surface area contributed by atoms with E-state index in [-0.39, 0.29) is 0 Å². The first-order chi connectivity index (χ1) is 4.20. The third kappa shape index (κ3) is 1.97. The van der Waals surface area contributed by atoms with Crippen LogP contribution in [-0.4, -0.2) is 19.8 Å². The molecule has 1 aliphatic rings. The summed E-state index contributed by atoms with van der Waals surface area (Å²) in [5.74, 6) is 0. The van der Waals surface area contributed by atoms with Crippen molar-refractivity contribution in [3.8, 4) is 0 Å². The molecule has 3 atom stereocenters. The topological polar surface area (TPSA) is 17.1 Å². The van der Waals surface area contributed by atoms with E-state index in [1.165, 1.54) is 0 Å². The van der Waals surface area contributed by atoms with Crippen LogP contribution in [0.4, 0.5) is 0 Å². The zero-order valence-corrected chi connectivity index (χ0v) is 7.43. The first kappa shape index (κ1) is 7.61. The second-order valence-electron chi connectivity index (χ2n) is 2.52. The monoisotopic (exact) mass is 164 g/mol. The minimum absolute atomic E-state index is 0.432. The van der Waals surface area contributed by atoms with Crippen LogP contribution in [0.15, 0.2) is 0 Å². The molecule has 9 heavy (non-hydrogen) atoms. The summed E-state index contributed by atoms with van der Waals surface area (Å²) in [6.45, 7) is 4.28. The highest BCUT2D eigenvalue weighted by Gasteiger charge is 2.21. The van der Waals surface area contributed by atoms with Crippen LogP contribution in [0.25, 0.3) is 0 Å². The van der Waals surface area contributed by atoms with Gasteiger partial charge in [0.05, 0.1) is 5.08 Å². The Morgan fingerprint density at radius 3 is 2.67 bits per heavy atom. The van der Waals surface area contributed by atoms with Crippen LogP contribution in [0, 0.1) is 0 Å². The van der Waals surface area contributed by atoms with E-state index in [9.17, 15) is 4.21 Å². The molecule has 0 saturated carbocycles. The zero-order chi connectivity index (χ0) is 6.85. The molecule has 1 rings (SSSR count). The van der Waals surface area contributed by atoms with Crippen molar-refractivity contribution >= 4 is 22.6 Å². The molecule has 0 amide bonds. The molecule has 3 unspecified atom stereocenters. The molecule has 1 fully saturated rings. The normalized spacial score (nSPS) is 44.9. The molecular weight excluding hydrogens is 152 g/mol. The maximum absolute atomic E-state index is 11.0. The van der Waals surface area contributed by atoms with Gasteiger partial charge in [-0.2, -0.15) is 0 Å². The third-order valence-electron chi connectivity index (χ3n) is 1.58. The van der Waals surface area contributed by atoms with E-state index in [4.69, 9.17) is 0 Å². The first-order valence-corrected chi connectivity index (χ1v) is 5.62. The Labute approximate surface area is 63.1 Å². The smallest absolute Gasteiger partial charge is 0.0697 e. The lowest BCUT2D eigenvalue weighted by Crippen LogP contribution is -2.23. The maximum Gasteiger partial charge on any atom is 0.0697 e. The van der Waals surface area contributed by atoms with E-state index >= 15 is 0 Å². The molecule has 0 aromatic rings. The Hall–Kier alpha value is 0.500. The Kier molecular flexibility index (Phi) is 2.59. The van der Waals surface area contributed by atoms with Crippen LogP contribution in [-0.2, 0) is 10.8 Å². The lowest BCUT2D eigenvalue weighted by molar-refractivity contribution is 0.664. The Morgan fingerprint density at radius 2 is 2.22 bits per heavy atom. The van der Waals surface area contributed by atoms with Crippen LogP contribution < -0.4 is 0 Å². The van der Waals surface area contributed by atoms with Gasteiger partial charge in [-0.25, -0.2) is 0 Å². The number of rotatable bonds is 0. The van der Waals surface area contributed by atoms with Gasteiger partial charge in [0.1, 0.15) is 0 Å². The average Bonchev–Trinajstić information content (AvgIpc) is 1.80. The standard InChI is InChI=1S/C6H12OS2/c1-5-3-6(2)9(7)4-8-5/h5-6H,3-4H2,1-2H3. The van der Waals surface area contributed by atoms with Gasteiger partial charge < -0.3 is 0 Å². The molecule has 0 aliphatic carbocycles. The number of hydrogen-bond acceptors (Lipinski definition) is 2. The van der Waals surface area contributed by atoms with Crippen molar-refractivity contribution < 1.29 is 4.21 Å². The SMILES string of the molecule is CC1CC(C)S(=O)CS1. The molecule has 0 N–H and O–H groups in total. The third-order valence-corrected chi connectivity index (χ3v) is 4.91. The van der Waals surface area contributed by atoms with E-state index in [1.807, 2.05) is 11.8 Å². The first-order valence-electron chi connectivity index (χ1n) is 3.19. The van der Waals surface area contributed by atoms with Crippen molar-refractivity contribution in [3.05, 3.63) is 0 Å². The van der Waals surface area contributed by atoms with Crippen molar-refractivity contribution in [3.63, 3.8) is 0 Å². The summed E-state index contributed by atoms with van der Waals surface area (Å²) in [5.41, 5.74) is 0. The molecule has 1 heterocycles. The van der Waals surface area contributed by atoms with Crippen LogP contribution in [0.3, 0.4) is 0 Å². The van der Waals surface area contributed by atoms with Gasteiger partial charge in [-0.15, -0.1) is 11.8 Å². The van der Waals surface area contributed by atoms with Crippen molar-refractivity contribution in [2.75, 3.05) is 5.08 Å². The highest BCUT2D eigenvalue weighted by atomic mass is 32.2. The van der Waals surface area contributed by atoms with Crippen LogP contribution >= 0.6 is 11.8 Å². The molecule has 0 spiro atoms. The summed E-state index contributed by atoms with van der Waals surface area (Å²) < 4.78 is 11.0. The largest absolute Gasteiger partial charge is 0.258 e. The minimum atomic E-state index is -0.543. The van der Waals surface area contributed by atoms with Gasteiger partial charge in [-0.05, 0) is 6.42 Å². The fourth-order valence-electron chi connectivity index (χ4n) is 0.942. The second-order valence-corrected chi connectivity index (χ2v) is 6.17. The van der Waals surface area contributed by atoms with E-state index in [2.05, 4.69) is 13.8 Å². The highest BCUT2D eigenvalue weighted by Crippen LogP contribution is 2.25. The quantitative estimate of drug-likeness (QED) is 0.541. The van der Waals surface area contributed by atoms with Gasteiger partial charge in [0.15, 0.2) is 0 Å². The minimum Gasteiger partial charge on any atom is -0.258 e. The van der Waals surface area contributed by atoms with Gasteiger partial charge in [-0.3, -0.25) is 4.21 Å². The fourth-order valence-corrected chi connectivity index (χ4v) is 4.39. The van der Waals surface area contributed by atoms with Crippen molar-refractivity contribution in [1.82, 2.24) is 0 Å². The van der Waals surface area contributed by atoms with E-state index in [0.717, 1.165) is 16.8 Å². The van der Waals surface area contributed by atoms with Gasteiger partial charge in [0.2, 0.25) is 0 Å². The Balaban J connectivity index is 2.44. The summed E-state index contributed by atoms with van der Waals surface area (Å²) in [5, 5.41) is 2.00. The van der Waals surface area contributed by atoms with Crippen LogP contribution in [0.5, 0.6) is 0 Å². The second kappa shape index (κ2) is 3.06. The number of hydrogen-bond donors (Lipinski definition) is 0. The van der Waals surface area contributed by atoms with Gasteiger partial charge in [-0.1, -0.05) is 13.8 Å². The highest BCUT2D eigenvalue weighted by molar-refractivity contribution is 8.11. The Morgan fingerprint density at radius 1 is 1.56 bits per heavy atom. The zero-order valence-electron chi connectivity index (χ0n) is 5.79. The predicted octanol–water partition coefficient (Wildman–Crippen LogP) is 1.61. The van der Waals surface area contributed by atoms with Gasteiger partial charge >= 0.3 is 0 Å². The summed E-state index contributed by atoms with van der Waals surface area (Å²) in [4.78, 5) is 0. The fraction of sp³-hybridized carbons (Fsp3) is 1.00. The summed E-state index contributed by atoms with van der Waals surface area (Å²) >= 11 is 1.83.